The van der Waals surface area contributed by atoms with Crippen molar-refractivity contribution in [3.63, 3.8) is 0 Å². The molecule has 0 fully saturated rings. The molecule has 1 atom stereocenters. The van der Waals surface area contributed by atoms with Crippen LogP contribution in [0.4, 0.5) is 0 Å². The lowest BCUT2D eigenvalue weighted by atomic mass is 9.88. The number of pyridine rings is 1. The lowest BCUT2D eigenvalue weighted by molar-refractivity contribution is -0.145. The van der Waals surface area contributed by atoms with Gasteiger partial charge in [-0.1, -0.05) is 25.1 Å². The smallest absolute Gasteiger partial charge is 0.324 e. The number of nitrogens with one attached hydrogen (secondary N) is 1. The molecule has 2 rings (SSSR count). The van der Waals surface area contributed by atoms with Crippen molar-refractivity contribution in [2.75, 3.05) is 0 Å². The maximum absolute atomic E-state index is 11.8. The standard InChI is InChI=1S/C17H20N2O3/c1-2-17(16(21)22,11-13-6-8-15(20)9-7-13)19-12-14-5-3-4-10-18-14/h3-10,19-20H,2,11-12H2,1H3,(H,21,22)/t17-/m0/s1. The number of nitrogens with zero attached hydrogens (tertiary/aromatic N) is 1. The highest BCUT2D eigenvalue weighted by molar-refractivity contribution is 5.79. The number of carboxylic acid groups (broad SMARTS) is 1. The van der Waals surface area contributed by atoms with Gasteiger partial charge >= 0.3 is 5.97 Å². The number of phenolic OH excluding ortho intramolecular Hbond substituents is 1. The lowest BCUT2D eigenvalue weighted by Gasteiger charge is -2.29. The minimum atomic E-state index is -1.06. The number of hydrogen-bond acceptors (Lipinski definition) is 4. The van der Waals surface area contributed by atoms with Crippen LogP contribution in [0, 0.1) is 0 Å². The summed E-state index contributed by atoms with van der Waals surface area (Å²) in [6.45, 7) is 2.24. The van der Waals surface area contributed by atoms with Gasteiger partial charge in [-0.05, 0) is 36.2 Å². The average molecular weight is 300 g/mol. The Kier molecular flexibility index (Phi) is 5.12. The molecule has 1 aromatic heterocycles. The van der Waals surface area contributed by atoms with Crippen LogP contribution in [-0.4, -0.2) is 26.7 Å². The van der Waals surface area contributed by atoms with Gasteiger partial charge in [0.05, 0.1) is 5.69 Å². The molecule has 0 bridgehead atoms. The molecule has 0 radical (unpaired) electrons. The van der Waals surface area contributed by atoms with Crippen LogP contribution in [0.15, 0.2) is 48.7 Å². The van der Waals surface area contributed by atoms with Crippen LogP contribution in [0.3, 0.4) is 0 Å². The highest BCUT2D eigenvalue weighted by Crippen LogP contribution is 2.20. The maximum atomic E-state index is 11.8. The van der Waals surface area contributed by atoms with E-state index in [0.29, 0.717) is 19.4 Å². The minimum Gasteiger partial charge on any atom is -0.508 e. The van der Waals surface area contributed by atoms with Gasteiger partial charge < -0.3 is 10.2 Å². The zero-order valence-corrected chi connectivity index (χ0v) is 12.5. The predicted octanol–water partition coefficient (Wildman–Crippen LogP) is 2.35. The van der Waals surface area contributed by atoms with Crippen molar-refractivity contribution in [3.8, 4) is 5.75 Å². The second kappa shape index (κ2) is 7.04. The molecule has 3 N–H and O–H groups in total. The van der Waals surface area contributed by atoms with Gasteiger partial charge in [-0.3, -0.25) is 15.1 Å². The van der Waals surface area contributed by atoms with Crippen molar-refractivity contribution in [2.45, 2.75) is 31.8 Å². The first kappa shape index (κ1) is 16.0. The second-order valence-electron chi connectivity index (χ2n) is 5.26. The SMILES string of the molecule is CC[C@@](Cc1ccc(O)cc1)(NCc1ccccn1)C(=O)O. The molecule has 2 aromatic rings. The number of aliphatic carboxylic acids is 1. The summed E-state index contributed by atoms with van der Waals surface area (Å²) in [6, 6.07) is 12.2. The number of rotatable bonds is 7. The first-order valence-electron chi connectivity index (χ1n) is 7.22. The van der Waals surface area contributed by atoms with Crippen LogP contribution >= 0.6 is 0 Å². The lowest BCUT2D eigenvalue weighted by Crippen LogP contribution is -2.53. The van der Waals surface area contributed by atoms with Gasteiger partial charge in [0.15, 0.2) is 0 Å². The van der Waals surface area contributed by atoms with Gasteiger partial charge in [0.2, 0.25) is 0 Å². The van der Waals surface area contributed by atoms with Crippen molar-refractivity contribution in [3.05, 3.63) is 59.9 Å². The van der Waals surface area contributed by atoms with Crippen molar-refractivity contribution in [2.24, 2.45) is 0 Å². The van der Waals surface area contributed by atoms with E-state index >= 15 is 0 Å². The Labute approximate surface area is 129 Å². The quantitative estimate of drug-likeness (QED) is 0.731. The van der Waals surface area contributed by atoms with Crippen LogP contribution in [0.1, 0.15) is 24.6 Å². The van der Waals surface area contributed by atoms with E-state index in [1.165, 1.54) is 0 Å². The summed E-state index contributed by atoms with van der Waals surface area (Å²) in [5, 5.41) is 22.2. The zero-order valence-electron chi connectivity index (χ0n) is 12.5. The van der Waals surface area contributed by atoms with E-state index in [0.717, 1.165) is 11.3 Å². The van der Waals surface area contributed by atoms with E-state index in [1.807, 2.05) is 25.1 Å². The third kappa shape index (κ3) is 3.83. The number of hydrogen-bond donors (Lipinski definition) is 3. The summed E-state index contributed by atoms with van der Waals surface area (Å²) in [5.41, 5.74) is 0.594. The van der Waals surface area contributed by atoms with Crippen LogP contribution in [0.2, 0.25) is 0 Å². The Morgan fingerprint density at radius 1 is 1.23 bits per heavy atom. The van der Waals surface area contributed by atoms with Gasteiger partial charge in [-0.15, -0.1) is 0 Å². The fourth-order valence-electron chi connectivity index (χ4n) is 2.34. The van der Waals surface area contributed by atoms with Crippen LogP contribution < -0.4 is 5.32 Å². The number of carboxylic acids is 1. The summed E-state index contributed by atoms with van der Waals surface area (Å²) in [7, 11) is 0. The molecule has 0 saturated heterocycles. The molecule has 1 heterocycles. The number of aromatic hydroxyl groups is 1. The Bertz CT molecular complexity index is 614. The van der Waals surface area contributed by atoms with Gasteiger partial charge in [-0.2, -0.15) is 0 Å². The fourth-order valence-corrected chi connectivity index (χ4v) is 2.34. The van der Waals surface area contributed by atoms with E-state index in [2.05, 4.69) is 10.3 Å². The first-order valence-corrected chi connectivity index (χ1v) is 7.22. The monoisotopic (exact) mass is 300 g/mol. The van der Waals surface area contributed by atoms with Crippen LogP contribution in [0.5, 0.6) is 5.75 Å². The fraction of sp³-hybridized carbons (Fsp3) is 0.294. The molecular formula is C17H20N2O3. The van der Waals surface area contributed by atoms with E-state index in [4.69, 9.17) is 0 Å². The summed E-state index contributed by atoms with van der Waals surface area (Å²) >= 11 is 0. The van der Waals surface area contributed by atoms with Gasteiger partial charge in [0.25, 0.3) is 0 Å². The number of benzene rings is 1. The molecule has 116 valence electrons. The van der Waals surface area contributed by atoms with Gasteiger partial charge in [0.1, 0.15) is 11.3 Å². The largest absolute Gasteiger partial charge is 0.508 e. The summed E-state index contributed by atoms with van der Waals surface area (Å²) < 4.78 is 0. The molecule has 0 aliphatic heterocycles. The molecule has 0 aliphatic rings. The molecule has 0 aliphatic carbocycles. The molecule has 0 unspecified atom stereocenters. The average Bonchev–Trinajstić information content (AvgIpc) is 2.54. The minimum absolute atomic E-state index is 0.169. The third-order valence-corrected chi connectivity index (χ3v) is 3.79. The Morgan fingerprint density at radius 3 is 2.50 bits per heavy atom. The number of aromatic nitrogens is 1. The molecular weight excluding hydrogens is 280 g/mol. The van der Waals surface area contributed by atoms with Crippen molar-refractivity contribution >= 4 is 5.97 Å². The highest BCUT2D eigenvalue weighted by Gasteiger charge is 2.36. The molecule has 22 heavy (non-hydrogen) atoms. The van der Waals surface area contributed by atoms with E-state index in [-0.39, 0.29) is 5.75 Å². The summed E-state index contributed by atoms with van der Waals surface area (Å²) in [4.78, 5) is 16.0. The topological polar surface area (TPSA) is 82.5 Å². The third-order valence-electron chi connectivity index (χ3n) is 3.79. The number of phenols is 1. The molecule has 0 saturated carbocycles. The van der Waals surface area contributed by atoms with Gasteiger partial charge in [0, 0.05) is 19.2 Å². The predicted molar refractivity (Wildman–Crippen MR) is 83.5 cm³/mol. The molecule has 5 heteroatoms. The van der Waals surface area contributed by atoms with Crippen LogP contribution in [-0.2, 0) is 17.8 Å². The normalized spacial score (nSPS) is 13.5. The van der Waals surface area contributed by atoms with Crippen molar-refractivity contribution in [1.29, 1.82) is 0 Å². The van der Waals surface area contributed by atoms with Crippen LogP contribution in [0.25, 0.3) is 0 Å². The Morgan fingerprint density at radius 2 is 1.95 bits per heavy atom. The Balaban J connectivity index is 2.16. The van der Waals surface area contributed by atoms with Gasteiger partial charge in [-0.25, -0.2) is 0 Å². The van der Waals surface area contributed by atoms with E-state index in [1.54, 1.807) is 30.5 Å². The molecule has 1 aromatic carbocycles. The first-order chi connectivity index (χ1) is 10.6. The molecule has 0 spiro atoms. The highest BCUT2D eigenvalue weighted by atomic mass is 16.4. The zero-order chi connectivity index (χ0) is 16.0. The maximum Gasteiger partial charge on any atom is 0.324 e. The second-order valence-corrected chi connectivity index (χ2v) is 5.26. The summed E-state index contributed by atoms with van der Waals surface area (Å²) in [6.07, 6.45) is 2.47. The van der Waals surface area contributed by atoms with Crippen molar-refractivity contribution in [1.82, 2.24) is 10.3 Å². The van der Waals surface area contributed by atoms with E-state index in [9.17, 15) is 15.0 Å². The molecule has 0 amide bonds. The summed E-state index contributed by atoms with van der Waals surface area (Å²) in [5.74, 6) is -0.721. The van der Waals surface area contributed by atoms with E-state index < -0.39 is 11.5 Å². The molecule has 5 nitrogen and oxygen atoms in total. The van der Waals surface area contributed by atoms with Crippen molar-refractivity contribution < 1.29 is 15.0 Å². The number of carbonyl (C=O) groups is 1. The Hall–Kier alpha value is -2.40.